The normalized spacial score (nSPS) is 20.8. The van der Waals surface area contributed by atoms with Gasteiger partial charge < -0.3 is 20.3 Å². The summed E-state index contributed by atoms with van der Waals surface area (Å²) in [6.45, 7) is 9.33. The molecule has 25 heavy (non-hydrogen) atoms. The Balaban J connectivity index is 1.67. The molecule has 2 fully saturated rings. The van der Waals surface area contributed by atoms with Gasteiger partial charge in [-0.15, -0.1) is 0 Å². The number of hydrogen-bond donors (Lipinski definition) is 1. The van der Waals surface area contributed by atoms with Gasteiger partial charge in [0.15, 0.2) is 0 Å². The number of ether oxygens (including phenoxy) is 1. The molecular formula is C20H34N4O. The number of hydrogen-bond acceptors (Lipinski definition) is 5. The zero-order chi connectivity index (χ0) is 17.8. The Labute approximate surface area is 152 Å². The molecule has 2 N–H and O–H groups in total. The molecule has 2 aliphatic rings. The van der Waals surface area contributed by atoms with Gasteiger partial charge in [-0.3, -0.25) is 4.90 Å². The van der Waals surface area contributed by atoms with Crippen molar-refractivity contribution in [2.24, 2.45) is 0 Å². The predicted molar refractivity (Wildman–Crippen MR) is 106 cm³/mol. The molecule has 140 valence electrons. The average molecular weight is 347 g/mol. The summed E-state index contributed by atoms with van der Waals surface area (Å²) in [6.07, 6.45) is 4.71. The first-order valence-corrected chi connectivity index (χ1v) is 9.76. The fourth-order valence-corrected chi connectivity index (χ4v) is 4.23. The molecule has 5 heteroatoms. The molecular weight excluding hydrogens is 312 g/mol. The zero-order valence-corrected chi connectivity index (χ0v) is 16.1. The summed E-state index contributed by atoms with van der Waals surface area (Å²) in [4.78, 5) is 7.68. The van der Waals surface area contributed by atoms with E-state index < -0.39 is 0 Å². The highest BCUT2D eigenvalue weighted by Gasteiger charge is 2.27. The third-order valence-corrected chi connectivity index (χ3v) is 5.81. The third kappa shape index (κ3) is 4.21. The van der Waals surface area contributed by atoms with Crippen LogP contribution in [-0.4, -0.2) is 69.3 Å². The number of aryl methyl sites for hydroxylation is 1. The maximum Gasteiger partial charge on any atom is 0.143 e. The molecule has 0 aromatic heterocycles. The zero-order valence-electron chi connectivity index (χ0n) is 16.1. The van der Waals surface area contributed by atoms with Gasteiger partial charge in [0, 0.05) is 57.1 Å². The van der Waals surface area contributed by atoms with Gasteiger partial charge in [0.1, 0.15) is 5.75 Å². The van der Waals surface area contributed by atoms with E-state index in [0.29, 0.717) is 0 Å². The molecule has 1 aromatic carbocycles. The molecule has 0 bridgehead atoms. The van der Waals surface area contributed by atoms with Crippen molar-refractivity contribution in [1.29, 1.82) is 0 Å². The van der Waals surface area contributed by atoms with E-state index in [2.05, 4.69) is 40.8 Å². The molecule has 0 amide bonds. The molecule has 0 saturated carbocycles. The van der Waals surface area contributed by atoms with Crippen LogP contribution in [0.3, 0.4) is 0 Å². The highest BCUT2D eigenvalue weighted by atomic mass is 16.5. The van der Waals surface area contributed by atoms with Crippen molar-refractivity contribution in [3.05, 3.63) is 17.7 Å². The number of piperidine rings is 1. The Morgan fingerprint density at radius 3 is 2.36 bits per heavy atom. The minimum Gasteiger partial charge on any atom is -0.495 e. The van der Waals surface area contributed by atoms with E-state index in [1.807, 2.05) is 0 Å². The molecule has 1 aromatic rings. The summed E-state index contributed by atoms with van der Waals surface area (Å²) in [6, 6.07) is 5.01. The third-order valence-electron chi connectivity index (χ3n) is 5.81. The second-order valence-electron chi connectivity index (χ2n) is 7.53. The van der Waals surface area contributed by atoms with Crippen molar-refractivity contribution >= 4 is 11.4 Å². The topological polar surface area (TPSA) is 45.0 Å². The van der Waals surface area contributed by atoms with Crippen LogP contribution >= 0.6 is 0 Å². The Hall–Kier alpha value is -1.46. The number of piperazine rings is 1. The number of rotatable bonds is 5. The van der Waals surface area contributed by atoms with Crippen molar-refractivity contribution in [3.63, 3.8) is 0 Å². The van der Waals surface area contributed by atoms with Crippen molar-refractivity contribution in [3.8, 4) is 5.75 Å². The predicted octanol–water partition coefficient (Wildman–Crippen LogP) is 2.45. The lowest BCUT2D eigenvalue weighted by molar-refractivity contribution is 0.0982. The second-order valence-corrected chi connectivity index (χ2v) is 7.53. The Bertz CT molecular complexity index is 561. The molecule has 0 unspecified atom stereocenters. The smallest absolute Gasteiger partial charge is 0.143 e. The SMILES string of the molecule is CCCc1cc(N)c(OC)cc1N1CCC(N2CCN(C)CC2)CC1. The van der Waals surface area contributed by atoms with Crippen LogP contribution in [0.2, 0.25) is 0 Å². The molecule has 2 saturated heterocycles. The summed E-state index contributed by atoms with van der Waals surface area (Å²) in [5.41, 5.74) is 9.57. The minimum atomic E-state index is 0.746. The monoisotopic (exact) mass is 346 g/mol. The lowest BCUT2D eigenvalue weighted by Crippen LogP contribution is -2.52. The highest BCUT2D eigenvalue weighted by molar-refractivity contribution is 5.67. The van der Waals surface area contributed by atoms with Crippen LogP contribution in [0.5, 0.6) is 5.75 Å². The van der Waals surface area contributed by atoms with E-state index in [9.17, 15) is 0 Å². The van der Waals surface area contributed by atoms with Gasteiger partial charge in [0.25, 0.3) is 0 Å². The summed E-state index contributed by atoms with van der Waals surface area (Å²) < 4.78 is 5.47. The van der Waals surface area contributed by atoms with Gasteiger partial charge in [0.05, 0.1) is 12.8 Å². The van der Waals surface area contributed by atoms with Crippen LogP contribution < -0.4 is 15.4 Å². The summed E-state index contributed by atoms with van der Waals surface area (Å²) >= 11 is 0. The van der Waals surface area contributed by atoms with Gasteiger partial charge in [-0.2, -0.15) is 0 Å². The Kier molecular flexibility index (Phi) is 6.07. The van der Waals surface area contributed by atoms with Gasteiger partial charge in [0.2, 0.25) is 0 Å². The van der Waals surface area contributed by atoms with E-state index in [-0.39, 0.29) is 0 Å². The fraction of sp³-hybridized carbons (Fsp3) is 0.700. The highest BCUT2D eigenvalue weighted by Crippen LogP contribution is 2.34. The van der Waals surface area contributed by atoms with Crippen LogP contribution in [0.25, 0.3) is 0 Å². The van der Waals surface area contributed by atoms with Gasteiger partial charge >= 0.3 is 0 Å². The van der Waals surface area contributed by atoms with Crippen molar-refractivity contribution in [2.75, 3.05) is 64.1 Å². The number of methoxy groups -OCH3 is 1. The summed E-state index contributed by atoms with van der Waals surface area (Å²) in [5.74, 6) is 0.802. The number of nitrogens with zero attached hydrogens (tertiary/aromatic N) is 3. The van der Waals surface area contributed by atoms with Crippen molar-refractivity contribution in [1.82, 2.24) is 9.80 Å². The largest absolute Gasteiger partial charge is 0.495 e. The van der Waals surface area contributed by atoms with E-state index >= 15 is 0 Å². The van der Waals surface area contributed by atoms with Crippen LogP contribution in [-0.2, 0) is 6.42 Å². The first-order valence-electron chi connectivity index (χ1n) is 9.76. The molecule has 3 rings (SSSR count). The van der Waals surface area contributed by atoms with Crippen LogP contribution in [0.15, 0.2) is 12.1 Å². The second kappa shape index (κ2) is 8.28. The molecule has 2 aliphatic heterocycles. The average Bonchev–Trinajstić information content (AvgIpc) is 2.63. The van der Waals surface area contributed by atoms with Crippen LogP contribution in [0.4, 0.5) is 11.4 Å². The summed E-state index contributed by atoms with van der Waals surface area (Å²) in [5, 5.41) is 0. The fourth-order valence-electron chi connectivity index (χ4n) is 4.23. The van der Waals surface area contributed by atoms with Crippen LogP contribution in [0.1, 0.15) is 31.7 Å². The van der Waals surface area contributed by atoms with E-state index in [4.69, 9.17) is 10.5 Å². The number of benzene rings is 1. The van der Waals surface area contributed by atoms with Gasteiger partial charge in [-0.05, 0) is 37.9 Å². The van der Waals surface area contributed by atoms with E-state index in [1.54, 1.807) is 7.11 Å². The Morgan fingerprint density at radius 2 is 1.76 bits per heavy atom. The van der Waals surface area contributed by atoms with Crippen molar-refractivity contribution < 1.29 is 4.74 Å². The number of nitrogen functional groups attached to an aromatic ring is 1. The first kappa shape index (κ1) is 18.3. The first-order chi connectivity index (χ1) is 12.1. The number of nitrogens with two attached hydrogens (primary N) is 1. The standard InChI is InChI=1S/C20H34N4O/c1-4-5-16-14-18(21)20(25-3)15-19(16)24-8-6-17(7-9-24)23-12-10-22(2)11-13-23/h14-15,17H,4-13,21H2,1-3H3. The van der Waals surface area contributed by atoms with E-state index in [1.165, 1.54) is 50.3 Å². The molecule has 5 nitrogen and oxygen atoms in total. The summed E-state index contributed by atoms with van der Waals surface area (Å²) in [7, 11) is 3.93. The molecule has 0 aliphatic carbocycles. The molecule has 0 spiro atoms. The number of anilines is 2. The number of likely N-dealkylation sites (N-methyl/N-ethyl adjacent to an activating group) is 1. The van der Waals surface area contributed by atoms with Gasteiger partial charge in [-0.1, -0.05) is 13.3 Å². The lowest BCUT2D eigenvalue weighted by atomic mass is 9.99. The van der Waals surface area contributed by atoms with E-state index in [0.717, 1.165) is 43.4 Å². The maximum absolute atomic E-state index is 6.14. The van der Waals surface area contributed by atoms with Gasteiger partial charge in [-0.25, -0.2) is 0 Å². The molecule has 0 radical (unpaired) electrons. The maximum atomic E-state index is 6.14. The van der Waals surface area contributed by atoms with Crippen molar-refractivity contribution in [2.45, 2.75) is 38.6 Å². The lowest BCUT2D eigenvalue weighted by Gasteiger charge is -2.43. The quantitative estimate of drug-likeness (QED) is 0.830. The minimum absolute atomic E-state index is 0.746. The molecule has 2 heterocycles. The Morgan fingerprint density at radius 1 is 1.08 bits per heavy atom. The molecule has 0 atom stereocenters. The van der Waals surface area contributed by atoms with Crippen LogP contribution in [0, 0.1) is 0 Å².